The predicted octanol–water partition coefficient (Wildman–Crippen LogP) is 4.03. The van der Waals surface area contributed by atoms with Gasteiger partial charge in [0.15, 0.2) is 0 Å². The van der Waals surface area contributed by atoms with E-state index in [0.717, 1.165) is 6.07 Å². The normalized spacial score (nSPS) is 12.2. The van der Waals surface area contributed by atoms with E-state index in [9.17, 15) is 18.7 Å². The van der Waals surface area contributed by atoms with Crippen molar-refractivity contribution in [2.24, 2.45) is 0 Å². The van der Waals surface area contributed by atoms with E-state index >= 15 is 0 Å². The molecule has 1 atom stereocenters. The van der Waals surface area contributed by atoms with Crippen LogP contribution >= 0.6 is 11.6 Å². The smallest absolute Gasteiger partial charge is 0.311 e. The molecule has 0 bridgehead atoms. The van der Waals surface area contributed by atoms with Crippen LogP contribution in [0.2, 0.25) is 5.02 Å². The molecular weight excluding hydrogens is 286 g/mol. The maximum Gasteiger partial charge on any atom is 0.311 e. The third-order valence-corrected chi connectivity index (χ3v) is 3.30. The zero-order valence-electron chi connectivity index (χ0n) is 10.3. The molecule has 2 aromatic rings. The van der Waals surface area contributed by atoms with Crippen LogP contribution in [0.1, 0.15) is 17.0 Å². The van der Waals surface area contributed by atoms with Crippen LogP contribution in [0.25, 0.3) is 0 Å². The Hall–Kier alpha value is -1.94. The summed E-state index contributed by atoms with van der Waals surface area (Å²) in [7, 11) is 0. The van der Waals surface area contributed by atoms with Gasteiger partial charge in [0.05, 0.1) is 5.92 Å². The largest absolute Gasteiger partial charge is 0.481 e. The van der Waals surface area contributed by atoms with Crippen LogP contribution in [0.15, 0.2) is 42.5 Å². The molecule has 0 spiro atoms. The highest BCUT2D eigenvalue weighted by molar-refractivity contribution is 6.31. The minimum atomic E-state index is -1.21. The quantitative estimate of drug-likeness (QED) is 0.925. The van der Waals surface area contributed by atoms with Crippen molar-refractivity contribution in [3.63, 3.8) is 0 Å². The number of carboxylic acid groups (broad SMARTS) is 1. The van der Waals surface area contributed by atoms with E-state index in [1.807, 2.05) is 0 Å². The van der Waals surface area contributed by atoms with Gasteiger partial charge in [-0.05, 0) is 36.2 Å². The molecular formula is C15H11ClF2O2. The van der Waals surface area contributed by atoms with E-state index in [2.05, 4.69) is 0 Å². The van der Waals surface area contributed by atoms with E-state index in [4.69, 9.17) is 11.6 Å². The predicted molar refractivity (Wildman–Crippen MR) is 71.9 cm³/mol. The molecule has 2 rings (SSSR count). The zero-order valence-corrected chi connectivity index (χ0v) is 11.1. The molecule has 2 nitrogen and oxygen atoms in total. The number of rotatable bonds is 4. The first kappa shape index (κ1) is 14.5. The number of carbonyl (C=O) groups is 1. The molecule has 0 heterocycles. The summed E-state index contributed by atoms with van der Waals surface area (Å²) in [6.07, 6.45) is -0.0340. The summed E-state index contributed by atoms with van der Waals surface area (Å²) in [5, 5.41) is 9.34. The molecule has 0 amide bonds. The van der Waals surface area contributed by atoms with Crippen molar-refractivity contribution in [3.8, 4) is 0 Å². The van der Waals surface area contributed by atoms with Crippen molar-refractivity contribution >= 4 is 17.6 Å². The van der Waals surface area contributed by atoms with Crippen LogP contribution in [0, 0.1) is 11.6 Å². The number of benzene rings is 2. The highest BCUT2D eigenvalue weighted by Gasteiger charge is 2.26. The lowest BCUT2D eigenvalue weighted by atomic mass is 9.91. The molecule has 0 saturated heterocycles. The second-order valence-corrected chi connectivity index (χ2v) is 4.77. The molecule has 0 fully saturated rings. The average molecular weight is 297 g/mol. The fourth-order valence-corrected chi connectivity index (χ4v) is 2.35. The summed E-state index contributed by atoms with van der Waals surface area (Å²) in [6, 6.07) is 9.55. The Morgan fingerprint density at radius 1 is 1.20 bits per heavy atom. The lowest BCUT2D eigenvalue weighted by Gasteiger charge is -2.15. The monoisotopic (exact) mass is 296 g/mol. The SMILES string of the molecule is O=C(O)C(Cc1cccc(F)c1)c1c(F)cccc1Cl. The number of carboxylic acids is 1. The van der Waals surface area contributed by atoms with Crippen molar-refractivity contribution in [2.45, 2.75) is 12.3 Å². The van der Waals surface area contributed by atoms with Crippen molar-refractivity contribution in [1.82, 2.24) is 0 Å². The lowest BCUT2D eigenvalue weighted by molar-refractivity contribution is -0.138. The van der Waals surface area contributed by atoms with Crippen LogP contribution in [0.4, 0.5) is 8.78 Å². The van der Waals surface area contributed by atoms with Gasteiger partial charge < -0.3 is 5.11 Å². The molecule has 5 heteroatoms. The molecule has 1 unspecified atom stereocenters. The average Bonchev–Trinajstić information content (AvgIpc) is 2.37. The zero-order chi connectivity index (χ0) is 14.7. The van der Waals surface area contributed by atoms with Gasteiger partial charge in [0.1, 0.15) is 11.6 Å². The first-order valence-corrected chi connectivity index (χ1v) is 6.28. The van der Waals surface area contributed by atoms with Gasteiger partial charge >= 0.3 is 5.97 Å². The van der Waals surface area contributed by atoms with Gasteiger partial charge in [-0.1, -0.05) is 29.8 Å². The van der Waals surface area contributed by atoms with Crippen LogP contribution in [-0.2, 0) is 11.2 Å². The molecule has 0 aliphatic heterocycles. The Kier molecular flexibility index (Phi) is 4.35. The van der Waals surface area contributed by atoms with Gasteiger partial charge in [0, 0.05) is 10.6 Å². The lowest BCUT2D eigenvalue weighted by Crippen LogP contribution is -2.16. The van der Waals surface area contributed by atoms with E-state index < -0.39 is 23.5 Å². The maximum absolute atomic E-state index is 13.8. The van der Waals surface area contributed by atoms with Crippen molar-refractivity contribution in [1.29, 1.82) is 0 Å². The Labute approximate surface area is 119 Å². The molecule has 0 aliphatic carbocycles. The molecule has 0 saturated carbocycles. The highest BCUT2D eigenvalue weighted by atomic mass is 35.5. The summed E-state index contributed by atoms with van der Waals surface area (Å²) in [5.41, 5.74) is 0.391. The van der Waals surface area contributed by atoms with Crippen molar-refractivity contribution in [2.75, 3.05) is 0 Å². The van der Waals surface area contributed by atoms with E-state index in [-0.39, 0.29) is 17.0 Å². The Morgan fingerprint density at radius 2 is 1.90 bits per heavy atom. The topological polar surface area (TPSA) is 37.3 Å². The van der Waals surface area contributed by atoms with Crippen LogP contribution in [0.5, 0.6) is 0 Å². The van der Waals surface area contributed by atoms with E-state index in [1.165, 1.54) is 30.3 Å². The van der Waals surface area contributed by atoms with E-state index in [0.29, 0.717) is 5.56 Å². The Bertz CT molecular complexity index is 623. The summed E-state index contributed by atoms with van der Waals surface area (Å²) >= 11 is 5.89. The molecule has 104 valence electrons. The minimum Gasteiger partial charge on any atom is -0.481 e. The molecule has 0 radical (unpaired) electrons. The Balaban J connectivity index is 2.40. The first-order valence-electron chi connectivity index (χ1n) is 5.90. The molecule has 20 heavy (non-hydrogen) atoms. The highest BCUT2D eigenvalue weighted by Crippen LogP contribution is 2.30. The van der Waals surface area contributed by atoms with Crippen LogP contribution in [-0.4, -0.2) is 11.1 Å². The minimum absolute atomic E-state index is 0.0340. The fourth-order valence-electron chi connectivity index (χ4n) is 2.06. The third kappa shape index (κ3) is 3.14. The number of aliphatic carboxylic acids is 1. The number of hydrogen-bond donors (Lipinski definition) is 1. The molecule has 1 N–H and O–H groups in total. The van der Waals surface area contributed by atoms with Crippen LogP contribution in [0.3, 0.4) is 0 Å². The van der Waals surface area contributed by atoms with Gasteiger partial charge in [-0.2, -0.15) is 0 Å². The van der Waals surface area contributed by atoms with Gasteiger partial charge in [-0.15, -0.1) is 0 Å². The maximum atomic E-state index is 13.8. The van der Waals surface area contributed by atoms with Gasteiger partial charge in [0.25, 0.3) is 0 Å². The van der Waals surface area contributed by atoms with Crippen LogP contribution < -0.4 is 0 Å². The third-order valence-electron chi connectivity index (χ3n) is 2.98. The number of hydrogen-bond acceptors (Lipinski definition) is 1. The van der Waals surface area contributed by atoms with Crippen molar-refractivity contribution in [3.05, 3.63) is 70.2 Å². The second-order valence-electron chi connectivity index (χ2n) is 4.36. The van der Waals surface area contributed by atoms with E-state index in [1.54, 1.807) is 6.07 Å². The summed E-state index contributed by atoms with van der Waals surface area (Å²) in [5.74, 6) is -3.51. The second kappa shape index (κ2) is 6.01. The summed E-state index contributed by atoms with van der Waals surface area (Å²) < 4.78 is 27.0. The number of halogens is 3. The summed E-state index contributed by atoms with van der Waals surface area (Å²) in [4.78, 5) is 11.4. The molecule has 0 aromatic heterocycles. The Morgan fingerprint density at radius 3 is 2.50 bits per heavy atom. The van der Waals surface area contributed by atoms with Gasteiger partial charge in [-0.25, -0.2) is 8.78 Å². The van der Waals surface area contributed by atoms with Crippen molar-refractivity contribution < 1.29 is 18.7 Å². The van der Waals surface area contributed by atoms with Gasteiger partial charge in [0.2, 0.25) is 0 Å². The fraction of sp³-hybridized carbons (Fsp3) is 0.133. The standard InChI is InChI=1S/C15H11ClF2O2/c16-12-5-2-6-13(18)14(12)11(15(19)20)8-9-3-1-4-10(17)7-9/h1-7,11H,8H2,(H,19,20). The summed E-state index contributed by atoms with van der Waals surface area (Å²) in [6.45, 7) is 0. The molecule has 2 aromatic carbocycles. The molecule has 0 aliphatic rings. The van der Waals surface area contributed by atoms with Gasteiger partial charge in [-0.3, -0.25) is 4.79 Å². The first-order chi connectivity index (χ1) is 9.49.